The third-order valence-electron chi connectivity index (χ3n) is 2.19. The van der Waals surface area contributed by atoms with Crippen molar-refractivity contribution in [2.45, 2.75) is 31.2 Å². The molecule has 0 bridgehead atoms. The summed E-state index contributed by atoms with van der Waals surface area (Å²) in [6, 6.07) is 0. The molecule has 0 aromatic rings. The van der Waals surface area contributed by atoms with E-state index in [-0.39, 0.29) is 6.10 Å². The number of aliphatic hydroxyl groups is 2. The molecule has 0 aromatic carbocycles. The number of rotatable bonds is 3. The van der Waals surface area contributed by atoms with Crippen LogP contribution < -0.4 is 0 Å². The van der Waals surface area contributed by atoms with Crippen LogP contribution in [0.4, 0.5) is 0 Å². The fraction of sp³-hybridized carbons (Fsp3) is 1.00. The highest BCUT2D eigenvalue weighted by Gasteiger charge is 2.42. The average molecular weight is 144 g/mol. The largest absolute Gasteiger partial charge is 0.390 e. The van der Waals surface area contributed by atoms with E-state index in [0.717, 1.165) is 12.8 Å². The highest BCUT2D eigenvalue weighted by atomic mass is 16.6. The average Bonchev–Trinajstić information content (AvgIpc) is 2.73. The maximum Gasteiger partial charge on any atom is 0.109 e. The van der Waals surface area contributed by atoms with Crippen molar-refractivity contribution in [3.8, 4) is 0 Å². The Bertz CT molecular complexity index is 113. The Morgan fingerprint density at radius 2 is 1.80 bits per heavy atom. The van der Waals surface area contributed by atoms with Crippen molar-refractivity contribution < 1.29 is 14.9 Å². The van der Waals surface area contributed by atoms with Gasteiger partial charge in [0.1, 0.15) is 12.2 Å². The summed E-state index contributed by atoms with van der Waals surface area (Å²) in [7, 11) is 0. The van der Waals surface area contributed by atoms with E-state index in [1.54, 1.807) is 0 Å². The predicted octanol–water partition coefficient (Wildman–Crippen LogP) is -0.483. The molecule has 58 valence electrons. The molecule has 2 aliphatic rings. The number of epoxide rings is 1. The molecule has 1 heterocycles. The Kier molecular flexibility index (Phi) is 1.44. The van der Waals surface area contributed by atoms with Crippen LogP contribution in [0.2, 0.25) is 0 Å². The Labute approximate surface area is 59.6 Å². The first-order valence-electron chi connectivity index (χ1n) is 3.77. The molecule has 3 heteroatoms. The van der Waals surface area contributed by atoms with Gasteiger partial charge in [0.25, 0.3) is 0 Å². The third-order valence-corrected chi connectivity index (χ3v) is 2.19. The van der Waals surface area contributed by atoms with Crippen molar-refractivity contribution in [3.63, 3.8) is 0 Å². The lowest BCUT2D eigenvalue weighted by Crippen LogP contribution is -2.32. The smallest absolute Gasteiger partial charge is 0.109 e. The second kappa shape index (κ2) is 2.19. The lowest BCUT2D eigenvalue weighted by molar-refractivity contribution is -0.00908. The van der Waals surface area contributed by atoms with Crippen LogP contribution in [0.5, 0.6) is 0 Å². The first-order chi connectivity index (χ1) is 4.79. The lowest BCUT2D eigenvalue weighted by atomic mass is 10.1. The quantitative estimate of drug-likeness (QED) is 0.526. The first-order valence-corrected chi connectivity index (χ1v) is 3.77. The van der Waals surface area contributed by atoms with Crippen molar-refractivity contribution in [1.82, 2.24) is 0 Å². The summed E-state index contributed by atoms with van der Waals surface area (Å²) in [6.07, 6.45) is 0.881. The van der Waals surface area contributed by atoms with Crippen LogP contribution in [0, 0.1) is 5.92 Å². The van der Waals surface area contributed by atoms with E-state index in [1.165, 1.54) is 0 Å². The molecule has 1 aliphatic heterocycles. The fourth-order valence-corrected chi connectivity index (χ4v) is 1.19. The Morgan fingerprint density at radius 1 is 1.20 bits per heavy atom. The van der Waals surface area contributed by atoms with Crippen LogP contribution in [0.1, 0.15) is 12.8 Å². The summed E-state index contributed by atoms with van der Waals surface area (Å²) in [5.74, 6) is 0.346. The summed E-state index contributed by atoms with van der Waals surface area (Å²) >= 11 is 0. The van der Waals surface area contributed by atoms with Crippen molar-refractivity contribution in [2.75, 3.05) is 6.61 Å². The lowest BCUT2D eigenvalue weighted by Gasteiger charge is -2.13. The predicted molar refractivity (Wildman–Crippen MR) is 34.5 cm³/mol. The van der Waals surface area contributed by atoms with Crippen LogP contribution in [0.15, 0.2) is 0 Å². The maximum atomic E-state index is 9.34. The number of ether oxygens (including phenoxy) is 1. The number of hydrogen-bond acceptors (Lipinski definition) is 3. The highest BCUT2D eigenvalue weighted by molar-refractivity contribution is 4.92. The minimum absolute atomic E-state index is 0.0735. The van der Waals surface area contributed by atoms with E-state index in [0.29, 0.717) is 12.5 Å². The highest BCUT2D eigenvalue weighted by Crippen LogP contribution is 2.36. The fourth-order valence-electron chi connectivity index (χ4n) is 1.19. The maximum absolute atomic E-state index is 9.34. The van der Waals surface area contributed by atoms with E-state index in [1.807, 2.05) is 0 Å². The molecule has 10 heavy (non-hydrogen) atoms. The minimum Gasteiger partial charge on any atom is -0.390 e. The zero-order valence-corrected chi connectivity index (χ0v) is 5.73. The van der Waals surface area contributed by atoms with Crippen LogP contribution in [-0.2, 0) is 4.74 Å². The Hall–Kier alpha value is -0.120. The molecule has 0 radical (unpaired) electrons. The van der Waals surface area contributed by atoms with Crippen molar-refractivity contribution in [2.24, 2.45) is 5.92 Å². The van der Waals surface area contributed by atoms with Crippen LogP contribution in [0.25, 0.3) is 0 Å². The molecule has 1 saturated carbocycles. The molecule has 3 nitrogen and oxygen atoms in total. The van der Waals surface area contributed by atoms with Crippen molar-refractivity contribution in [3.05, 3.63) is 0 Å². The van der Waals surface area contributed by atoms with Gasteiger partial charge in [0.15, 0.2) is 0 Å². The van der Waals surface area contributed by atoms with Crippen molar-refractivity contribution >= 4 is 0 Å². The molecule has 0 aromatic heterocycles. The number of aliphatic hydroxyl groups excluding tert-OH is 2. The van der Waals surface area contributed by atoms with Gasteiger partial charge in [0, 0.05) is 0 Å². The van der Waals surface area contributed by atoms with E-state index in [2.05, 4.69) is 0 Å². The van der Waals surface area contributed by atoms with Crippen LogP contribution >= 0.6 is 0 Å². The van der Waals surface area contributed by atoms with Gasteiger partial charge in [0.2, 0.25) is 0 Å². The summed E-state index contributed by atoms with van der Waals surface area (Å²) in [5.41, 5.74) is 0. The molecule has 2 N–H and O–H groups in total. The van der Waals surface area contributed by atoms with Gasteiger partial charge in [-0.15, -0.1) is 0 Å². The van der Waals surface area contributed by atoms with Gasteiger partial charge in [-0.25, -0.2) is 0 Å². The van der Waals surface area contributed by atoms with Gasteiger partial charge in [-0.2, -0.15) is 0 Å². The zero-order valence-electron chi connectivity index (χ0n) is 5.73. The van der Waals surface area contributed by atoms with Gasteiger partial charge in [-0.3, -0.25) is 0 Å². The first kappa shape index (κ1) is 6.58. The van der Waals surface area contributed by atoms with Crippen molar-refractivity contribution in [1.29, 1.82) is 0 Å². The molecule has 0 unspecified atom stereocenters. The Morgan fingerprint density at radius 3 is 2.20 bits per heavy atom. The Balaban J connectivity index is 1.83. The molecule has 1 saturated heterocycles. The molecule has 2 fully saturated rings. The topological polar surface area (TPSA) is 53.0 Å². The summed E-state index contributed by atoms with van der Waals surface area (Å²) in [4.78, 5) is 0. The van der Waals surface area contributed by atoms with Gasteiger partial charge < -0.3 is 14.9 Å². The SMILES string of the molecule is O[C@H]([C@@H]1CO1)[C@@H](O)C1CC1. The molecular weight excluding hydrogens is 132 g/mol. The van der Waals surface area contributed by atoms with Crippen LogP contribution in [0.3, 0.4) is 0 Å². The molecule has 0 spiro atoms. The molecule has 2 rings (SSSR count). The summed E-state index contributed by atoms with van der Waals surface area (Å²) in [5, 5.41) is 18.6. The second-order valence-electron chi connectivity index (χ2n) is 3.19. The monoisotopic (exact) mass is 144 g/mol. The summed E-state index contributed by atoms with van der Waals surface area (Å²) in [6.45, 7) is 0.616. The number of hydrogen-bond donors (Lipinski definition) is 2. The van der Waals surface area contributed by atoms with Gasteiger partial charge >= 0.3 is 0 Å². The van der Waals surface area contributed by atoms with E-state index in [4.69, 9.17) is 4.74 Å². The van der Waals surface area contributed by atoms with Crippen LogP contribution in [-0.4, -0.2) is 35.1 Å². The van der Waals surface area contributed by atoms with Gasteiger partial charge in [-0.05, 0) is 18.8 Å². The van der Waals surface area contributed by atoms with Gasteiger partial charge in [0.05, 0.1) is 12.7 Å². The molecule has 3 atom stereocenters. The second-order valence-corrected chi connectivity index (χ2v) is 3.19. The molecule has 1 aliphatic carbocycles. The minimum atomic E-state index is -0.632. The van der Waals surface area contributed by atoms with E-state index in [9.17, 15) is 10.2 Å². The summed E-state index contributed by atoms with van der Waals surface area (Å²) < 4.78 is 4.86. The standard InChI is InChI=1S/C7H12O3/c8-6(4-1-2-4)7(9)5-3-10-5/h4-9H,1-3H2/t5-,6-,7+/m0/s1. The van der Waals surface area contributed by atoms with E-state index >= 15 is 0 Å². The van der Waals surface area contributed by atoms with E-state index < -0.39 is 12.2 Å². The molecule has 0 amide bonds. The molecular formula is C7H12O3. The normalized spacial score (nSPS) is 37.2. The zero-order chi connectivity index (χ0) is 7.14. The van der Waals surface area contributed by atoms with Gasteiger partial charge in [-0.1, -0.05) is 0 Å². The third kappa shape index (κ3) is 1.17.